The lowest BCUT2D eigenvalue weighted by atomic mass is 9.90. The number of hydrogen-bond acceptors (Lipinski definition) is 5. The molecule has 0 unspecified atom stereocenters. The van der Waals surface area contributed by atoms with Crippen LogP contribution in [0, 0.1) is 0 Å². The van der Waals surface area contributed by atoms with Crippen molar-refractivity contribution in [3.05, 3.63) is 57.6 Å². The van der Waals surface area contributed by atoms with E-state index in [-0.39, 0.29) is 5.56 Å². The highest BCUT2D eigenvalue weighted by Crippen LogP contribution is 2.31. The highest BCUT2D eigenvalue weighted by atomic mass is 35.5. The zero-order valence-electron chi connectivity index (χ0n) is 12.9. The van der Waals surface area contributed by atoms with E-state index >= 15 is 0 Å². The topological polar surface area (TPSA) is 74.8 Å². The molecule has 2 aromatic heterocycles. The summed E-state index contributed by atoms with van der Waals surface area (Å²) in [6.45, 7) is 1.74. The third-order valence-electron chi connectivity index (χ3n) is 4.55. The van der Waals surface area contributed by atoms with Crippen molar-refractivity contribution in [2.24, 2.45) is 0 Å². The SMILES string of the molecule is O=c1[nH]nc(C2CCN(c3ccc(Cl)nn3)CC2)c2ccccc12. The van der Waals surface area contributed by atoms with Crippen LogP contribution in [0.3, 0.4) is 0 Å². The summed E-state index contributed by atoms with van der Waals surface area (Å²) in [5, 5.41) is 17.1. The van der Waals surface area contributed by atoms with Crippen LogP contribution in [0.2, 0.25) is 5.15 Å². The molecule has 1 saturated heterocycles. The van der Waals surface area contributed by atoms with Gasteiger partial charge in [-0.3, -0.25) is 4.79 Å². The van der Waals surface area contributed by atoms with Crippen molar-refractivity contribution in [3.63, 3.8) is 0 Å². The van der Waals surface area contributed by atoms with Gasteiger partial charge < -0.3 is 4.90 Å². The van der Waals surface area contributed by atoms with Crippen molar-refractivity contribution in [3.8, 4) is 0 Å². The van der Waals surface area contributed by atoms with Crippen molar-refractivity contribution >= 4 is 28.2 Å². The monoisotopic (exact) mass is 341 g/mol. The fourth-order valence-corrected chi connectivity index (χ4v) is 3.41. The van der Waals surface area contributed by atoms with Gasteiger partial charge in [0.25, 0.3) is 5.56 Å². The van der Waals surface area contributed by atoms with Crippen LogP contribution in [0.5, 0.6) is 0 Å². The maximum atomic E-state index is 11.9. The molecular formula is C17H16ClN5O. The second-order valence-electron chi connectivity index (χ2n) is 5.96. The first-order chi connectivity index (χ1) is 11.7. The second kappa shape index (κ2) is 6.20. The number of rotatable bonds is 2. The molecular weight excluding hydrogens is 326 g/mol. The van der Waals surface area contributed by atoms with Crippen molar-refractivity contribution < 1.29 is 0 Å². The maximum absolute atomic E-state index is 11.9. The summed E-state index contributed by atoms with van der Waals surface area (Å²) < 4.78 is 0. The lowest BCUT2D eigenvalue weighted by Crippen LogP contribution is -2.34. The minimum Gasteiger partial charge on any atom is -0.355 e. The van der Waals surface area contributed by atoms with Crippen LogP contribution in [0.4, 0.5) is 5.82 Å². The van der Waals surface area contributed by atoms with Crippen LogP contribution in [0.15, 0.2) is 41.2 Å². The lowest BCUT2D eigenvalue weighted by Gasteiger charge is -2.32. The standard InChI is InChI=1S/C17H16ClN5O/c18-14-5-6-15(20-19-14)23-9-7-11(8-10-23)16-12-3-1-2-4-13(12)17(24)22-21-16/h1-6,11H,7-10H2,(H,22,24). The normalized spacial score (nSPS) is 15.8. The molecule has 0 bridgehead atoms. The maximum Gasteiger partial charge on any atom is 0.272 e. The number of benzene rings is 1. The Kier molecular flexibility index (Phi) is 3.90. The Balaban J connectivity index is 1.57. The fourth-order valence-electron chi connectivity index (χ4n) is 3.31. The van der Waals surface area contributed by atoms with E-state index < -0.39 is 0 Å². The first-order valence-corrected chi connectivity index (χ1v) is 8.31. The van der Waals surface area contributed by atoms with E-state index in [1.54, 1.807) is 6.07 Å². The van der Waals surface area contributed by atoms with Gasteiger partial charge in [0.15, 0.2) is 11.0 Å². The van der Waals surface area contributed by atoms with E-state index in [1.165, 1.54) is 0 Å². The van der Waals surface area contributed by atoms with Gasteiger partial charge >= 0.3 is 0 Å². The smallest absolute Gasteiger partial charge is 0.272 e. The van der Waals surface area contributed by atoms with Gasteiger partial charge in [0.1, 0.15) is 0 Å². The van der Waals surface area contributed by atoms with Crippen molar-refractivity contribution in [2.45, 2.75) is 18.8 Å². The van der Waals surface area contributed by atoms with Gasteiger partial charge in [-0.25, -0.2) is 5.10 Å². The molecule has 1 aromatic carbocycles. The third-order valence-corrected chi connectivity index (χ3v) is 4.75. The summed E-state index contributed by atoms with van der Waals surface area (Å²) in [7, 11) is 0. The molecule has 24 heavy (non-hydrogen) atoms. The average Bonchev–Trinajstić information content (AvgIpc) is 2.63. The third kappa shape index (κ3) is 2.73. The fraction of sp³-hybridized carbons (Fsp3) is 0.294. The molecule has 1 N–H and O–H groups in total. The minimum atomic E-state index is -0.136. The van der Waals surface area contributed by atoms with Crippen molar-refractivity contribution in [2.75, 3.05) is 18.0 Å². The Labute approximate surface area is 143 Å². The Bertz CT molecular complexity index is 916. The predicted molar refractivity (Wildman–Crippen MR) is 93.6 cm³/mol. The first kappa shape index (κ1) is 15.1. The summed E-state index contributed by atoms with van der Waals surface area (Å²) in [6, 6.07) is 11.3. The summed E-state index contributed by atoms with van der Waals surface area (Å²) in [5.74, 6) is 1.17. The molecule has 3 heterocycles. The number of halogens is 1. The Morgan fingerprint density at radius 3 is 2.50 bits per heavy atom. The van der Waals surface area contributed by atoms with Gasteiger partial charge in [-0.05, 0) is 31.0 Å². The van der Waals surface area contributed by atoms with E-state index in [0.717, 1.165) is 42.8 Å². The molecule has 1 aliphatic heterocycles. The van der Waals surface area contributed by atoms with E-state index in [0.29, 0.717) is 16.5 Å². The van der Waals surface area contributed by atoms with Crippen molar-refractivity contribution in [1.29, 1.82) is 0 Å². The Hall–Kier alpha value is -2.47. The highest BCUT2D eigenvalue weighted by Gasteiger charge is 2.24. The van der Waals surface area contributed by atoms with E-state index in [9.17, 15) is 4.79 Å². The number of fused-ring (bicyclic) bond motifs is 1. The molecule has 0 radical (unpaired) electrons. The number of piperidine rings is 1. The van der Waals surface area contributed by atoms with Crippen LogP contribution in [-0.4, -0.2) is 33.5 Å². The number of aromatic nitrogens is 4. The van der Waals surface area contributed by atoms with Crippen LogP contribution >= 0.6 is 11.6 Å². The Morgan fingerprint density at radius 1 is 1.04 bits per heavy atom. The van der Waals surface area contributed by atoms with Crippen LogP contribution in [0.25, 0.3) is 10.8 Å². The van der Waals surface area contributed by atoms with Crippen LogP contribution < -0.4 is 10.5 Å². The number of aromatic amines is 1. The van der Waals surface area contributed by atoms with Gasteiger partial charge in [-0.15, -0.1) is 10.2 Å². The minimum absolute atomic E-state index is 0.136. The summed E-state index contributed by atoms with van der Waals surface area (Å²) in [5.41, 5.74) is 0.843. The molecule has 3 aromatic rings. The second-order valence-corrected chi connectivity index (χ2v) is 6.35. The van der Waals surface area contributed by atoms with Crippen LogP contribution in [0.1, 0.15) is 24.5 Å². The first-order valence-electron chi connectivity index (χ1n) is 7.94. The Morgan fingerprint density at radius 2 is 1.79 bits per heavy atom. The molecule has 4 rings (SSSR count). The summed E-state index contributed by atoms with van der Waals surface area (Å²) >= 11 is 5.79. The van der Waals surface area contributed by atoms with Gasteiger partial charge in [-0.2, -0.15) is 5.10 Å². The molecule has 1 fully saturated rings. The molecule has 0 spiro atoms. The van der Waals surface area contributed by atoms with E-state index in [4.69, 9.17) is 11.6 Å². The molecule has 0 saturated carbocycles. The van der Waals surface area contributed by atoms with Gasteiger partial charge in [0.05, 0.1) is 11.1 Å². The van der Waals surface area contributed by atoms with E-state index in [2.05, 4.69) is 25.3 Å². The predicted octanol–water partition coefficient (Wildman–Crippen LogP) is 2.75. The van der Waals surface area contributed by atoms with Gasteiger partial charge in [0.2, 0.25) is 0 Å². The summed E-state index contributed by atoms with van der Waals surface area (Å²) in [4.78, 5) is 14.1. The largest absolute Gasteiger partial charge is 0.355 e. The van der Waals surface area contributed by atoms with E-state index in [1.807, 2.05) is 30.3 Å². The quantitative estimate of drug-likeness (QED) is 0.775. The van der Waals surface area contributed by atoms with Gasteiger partial charge in [0, 0.05) is 24.4 Å². The lowest BCUT2D eigenvalue weighted by molar-refractivity contribution is 0.491. The van der Waals surface area contributed by atoms with Crippen LogP contribution in [-0.2, 0) is 0 Å². The molecule has 122 valence electrons. The molecule has 0 aliphatic carbocycles. The molecule has 0 atom stereocenters. The zero-order chi connectivity index (χ0) is 16.5. The number of H-pyrrole nitrogens is 1. The number of nitrogens with one attached hydrogen (secondary N) is 1. The summed E-state index contributed by atoms with van der Waals surface area (Å²) in [6.07, 6.45) is 1.90. The van der Waals surface area contributed by atoms with Crippen molar-refractivity contribution in [1.82, 2.24) is 20.4 Å². The zero-order valence-corrected chi connectivity index (χ0v) is 13.7. The molecule has 1 aliphatic rings. The molecule has 6 nitrogen and oxygen atoms in total. The van der Waals surface area contributed by atoms with Gasteiger partial charge in [-0.1, -0.05) is 29.8 Å². The number of hydrogen-bond donors (Lipinski definition) is 1. The number of anilines is 1. The molecule has 0 amide bonds. The average molecular weight is 342 g/mol. The molecule has 7 heteroatoms. The highest BCUT2D eigenvalue weighted by molar-refractivity contribution is 6.29. The number of nitrogens with zero attached hydrogens (tertiary/aromatic N) is 4.